The molecule has 0 amide bonds. The molecule has 1 aliphatic rings. The van der Waals surface area contributed by atoms with Crippen molar-refractivity contribution >= 4 is 11.6 Å². The van der Waals surface area contributed by atoms with Crippen LogP contribution in [0.2, 0.25) is 0 Å². The molecule has 23 heavy (non-hydrogen) atoms. The lowest BCUT2D eigenvalue weighted by Gasteiger charge is -2.23. The third-order valence-electron chi connectivity index (χ3n) is 4.06. The van der Waals surface area contributed by atoms with E-state index in [1.54, 1.807) is 6.92 Å². The van der Waals surface area contributed by atoms with E-state index in [-0.39, 0.29) is 29.0 Å². The van der Waals surface area contributed by atoms with Crippen LogP contribution in [-0.4, -0.2) is 25.8 Å². The Morgan fingerprint density at radius 3 is 2.04 bits per heavy atom. The third-order valence-corrected chi connectivity index (χ3v) is 4.06. The van der Waals surface area contributed by atoms with Crippen molar-refractivity contribution in [1.29, 1.82) is 0 Å². The predicted octanol–water partition coefficient (Wildman–Crippen LogP) is 3.98. The number of hydrogen-bond acceptors (Lipinski definition) is 4. The fourth-order valence-electron chi connectivity index (χ4n) is 2.98. The van der Waals surface area contributed by atoms with Crippen molar-refractivity contribution in [2.75, 3.05) is 14.2 Å². The Kier molecular flexibility index (Phi) is 6.79. The lowest BCUT2D eigenvalue weighted by molar-refractivity contribution is -0.121. The predicted molar refractivity (Wildman–Crippen MR) is 90.8 cm³/mol. The zero-order chi connectivity index (χ0) is 17.7. The van der Waals surface area contributed by atoms with Crippen molar-refractivity contribution in [2.45, 2.75) is 47.5 Å². The maximum Gasteiger partial charge on any atom is 0.228 e. The van der Waals surface area contributed by atoms with Gasteiger partial charge in [0.15, 0.2) is 0 Å². The zero-order valence-corrected chi connectivity index (χ0v) is 15.3. The van der Waals surface area contributed by atoms with Crippen LogP contribution in [0.3, 0.4) is 0 Å². The van der Waals surface area contributed by atoms with E-state index in [1.807, 2.05) is 6.92 Å². The van der Waals surface area contributed by atoms with E-state index in [2.05, 4.69) is 26.8 Å². The van der Waals surface area contributed by atoms with Crippen LogP contribution >= 0.6 is 0 Å². The minimum Gasteiger partial charge on any atom is -0.489 e. The Balaban J connectivity index is 3.05. The van der Waals surface area contributed by atoms with Crippen molar-refractivity contribution in [3.05, 3.63) is 34.3 Å². The van der Waals surface area contributed by atoms with E-state index < -0.39 is 0 Å². The monoisotopic (exact) mass is 320 g/mol. The summed E-state index contributed by atoms with van der Waals surface area (Å²) in [5.41, 5.74) is 2.29. The average molecular weight is 320 g/mol. The van der Waals surface area contributed by atoms with Gasteiger partial charge in [0.05, 0.1) is 14.2 Å². The second-order valence-electron chi connectivity index (χ2n) is 6.55. The summed E-state index contributed by atoms with van der Waals surface area (Å²) >= 11 is 0. The van der Waals surface area contributed by atoms with Crippen LogP contribution in [0.15, 0.2) is 34.3 Å². The molecule has 1 aliphatic carbocycles. The molecule has 0 saturated heterocycles. The summed E-state index contributed by atoms with van der Waals surface area (Å²) in [6.07, 6.45) is 3.92. The second-order valence-corrected chi connectivity index (χ2v) is 6.55. The maximum absolute atomic E-state index is 12.7. The lowest BCUT2D eigenvalue weighted by atomic mass is 9.83. The normalized spacial score (nSPS) is 18.0. The van der Waals surface area contributed by atoms with Crippen LogP contribution in [0.25, 0.3) is 0 Å². The van der Waals surface area contributed by atoms with Gasteiger partial charge in [-0.1, -0.05) is 32.4 Å². The minimum absolute atomic E-state index is 0.00233. The number of carbonyl (C=O) groups is 2. The van der Waals surface area contributed by atoms with Gasteiger partial charge in [-0.25, -0.2) is 0 Å². The van der Waals surface area contributed by atoms with Crippen LogP contribution in [0.5, 0.6) is 0 Å². The van der Waals surface area contributed by atoms with Gasteiger partial charge in [-0.3, -0.25) is 9.59 Å². The summed E-state index contributed by atoms with van der Waals surface area (Å²) in [6.45, 7) is 10.1. The summed E-state index contributed by atoms with van der Waals surface area (Å²) in [5.74, 6) is 0.0488. The molecule has 4 heteroatoms. The van der Waals surface area contributed by atoms with Gasteiger partial charge in [-0.15, -0.1) is 0 Å². The van der Waals surface area contributed by atoms with Crippen LogP contribution < -0.4 is 0 Å². The molecule has 0 N–H and O–H groups in total. The third kappa shape index (κ3) is 4.34. The Morgan fingerprint density at radius 1 is 1.04 bits per heavy atom. The van der Waals surface area contributed by atoms with Gasteiger partial charge < -0.3 is 9.47 Å². The topological polar surface area (TPSA) is 52.6 Å². The fourth-order valence-corrected chi connectivity index (χ4v) is 2.98. The molecule has 0 aromatic heterocycles. The van der Waals surface area contributed by atoms with Gasteiger partial charge in [0.2, 0.25) is 23.1 Å². The number of methoxy groups -OCH3 is 2. The SMILES string of the molecule is COC1=C(OC)C(=O)C(C(C)C/C=C(\C)CC(C)C)=C(C)C1=O. The Hall–Kier alpha value is -1.84. The van der Waals surface area contributed by atoms with Crippen LogP contribution in [0.1, 0.15) is 47.5 Å². The molecule has 4 nitrogen and oxygen atoms in total. The summed E-state index contributed by atoms with van der Waals surface area (Å²) < 4.78 is 10.2. The highest BCUT2D eigenvalue weighted by Crippen LogP contribution is 2.31. The van der Waals surface area contributed by atoms with E-state index >= 15 is 0 Å². The molecule has 0 aromatic carbocycles. The number of Topliss-reactive ketones (excluding diaryl/α,β-unsaturated/α-hetero) is 2. The molecule has 0 radical (unpaired) electrons. The second kappa shape index (κ2) is 8.14. The van der Waals surface area contributed by atoms with E-state index in [0.29, 0.717) is 17.1 Å². The van der Waals surface area contributed by atoms with Crippen molar-refractivity contribution in [3.8, 4) is 0 Å². The molecular weight excluding hydrogens is 292 g/mol. The smallest absolute Gasteiger partial charge is 0.228 e. The molecule has 1 rings (SSSR count). The molecule has 0 aromatic rings. The van der Waals surface area contributed by atoms with Gasteiger partial charge in [0.25, 0.3) is 0 Å². The molecule has 0 fully saturated rings. The molecular formula is C19H28O4. The quantitative estimate of drug-likeness (QED) is 0.526. The van der Waals surface area contributed by atoms with E-state index in [1.165, 1.54) is 19.8 Å². The van der Waals surface area contributed by atoms with Crippen molar-refractivity contribution in [1.82, 2.24) is 0 Å². The maximum atomic E-state index is 12.7. The molecule has 1 unspecified atom stereocenters. The molecule has 128 valence electrons. The first kappa shape index (κ1) is 19.2. The van der Waals surface area contributed by atoms with E-state index in [0.717, 1.165) is 12.8 Å². The molecule has 0 saturated carbocycles. The summed E-state index contributed by atoms with van der Waals surface area (Å²) in [6, 6.07) is 0. The summed E-state index contributed by atoms with van der Waals surface area (Å²) in [5, 5.41) is 0. The highest BCUT2D eigenvalue weighted by molar-refractivity contribution is 6.23. The van der Waals surface area contributed by atoms with Crippen molar-refractivity contribution < 1.29 is 19.1 Å². The Morgan fingerprint density at radius 2 is 1.57 bits per heavy atom. The first-order chi connectivity index (χ1) is 10.7. The number of allylic oxidation sites excluding steroid dienone is 4. The molecule has 0 spiro atoms. The highest BCUT2D eigenvalue weighted by Gasteiger charge is 2.36. The number of ether oxygens (including phenoxy) is 2. The molecule has 0 bridgehead atoms. The van der Waals surface area contributed by atoms with Crippen LogP contribution in [0.4, 0.5) is 0 Å². The first-order valence-corrected chi connectivity index (χ1v) is 8.02. The number of hydrogen-bond donors (Lipinski definition) is 0. The Bertz CT molecular complexity index is 576. The van der Waals surface area contributed by atoms with Gasteiger partial charge in [0, 0.05) is 11.1 Å². The molecule has 0 aliphatic heterocycles. The zero-order valence-electron chi connectivity index (χ0n) is 15.3. The van der Waals surface area contributed by atoms with Crippen molar-refractivity contribution in [3.63, 3.8) is 0 Å². The van der Waals surface area contributed by atoms with Crippen LogP contribution in [0, 0.1) is 11.8 Å². The minimum atomic E-state index is -0.270. The number of carbonyl (C=O) groups excluding carboxylic acids is 2. The average Bonchev–Trinajstić information content (AvgIpc) is 2.48. The van der Waals surface area contributed by atoms with Gasteiger partial charge in [-0.05, 0) is 38.5 Å². The highest BCUT2D eigenvalue weighted by atomic mass is 16.5. The van der Waals surface area contributed by atoms with Gasteiger partial charge >= 0.3 is 0 Å². The molecule has 1 atom stereocenters. The molecule has 0 heterocycles. The van der Waals surface area contributed by atoms with E-state index in [9.17, 15) is 9.59 Å². The van der Waals surface area contributed by atoms with E-state index in [4.69, 9.17) is 9.47 Å². The summed E-state index contributed by atoms with van der Waals surface area (Å²) in [4.78, 5) is 25.0. The number of rotatable bonds is 7. The fraction of sp³-hybridized carbons (Fsp3) is 0.579. The first-order valence-electron chi connectivity index (χ1n) is 8.02. The van der Waals surface area contributed by atoms with Gasteiger partial charge in [-0.2, -0.15) is 0 Å². The van der Waals surface area contributed by atoms with Crippen LogP contribution in [-0.2, 0) is 19.1 Å². The Labute approximate surface area is 139 Å². The van der Waals surface area contributed by atoms with Crippen molar-refractivity contribution in [2.24, 2.45) is 11.8 Å². The number of ketones is 2. The standard InChI is InChI=1S/C19H28O4/c1-11(2)10-12(3)8-9-13(4)15-14(5)16(20)18(22-6)19(23-7)17(15)21/h8,11,13H,9-10H2,1-7H3/b12-8+. The van der Waals surface area contributed by atoms with Gasteiger partial charge in [0.1, 0.15) is 0 Å². The largest absolute Gasteiger partial charge is 0.489 e. The summed E-state index contributed by atoms with van der Waals surface area (Å²) in [7, 11) is 2.76. The lowest BCUT2D eigenvalue weighted by Crippen LogP contribution is -2.27.